The number of sulfonamides is 1. The van der Waals surface area contributed by atoms with Crippen LogP contribution < -0.4 is 4.72 Å². The first-order chi connectivity index (χ1) is 13.1. The molecule has 27 heavy (non-hydrogen) atoms. The predicted molar refractivity (Wildman–Crippen MR) is 105 cm³/mol. The van der Waals surface area contributed by atoms with E-state index in [1.54, 1.807) is 29.2 Å². The van der Waals surface area contributed by atoms with E-state index in [0.29, 0.717) is 16.8 Å². The molecule has 6 nitrogen and oxygen atoms in total. The van der Waals surface area contributed by atoms with Crippen LogP contribution in [-0.2, 0) is 16.6 Å². The summed E-state index contributed by atoms with van der Waals surface area (Å²) in [6, 6.07) is 18.4. The maximum Gasteiger partial charge on any atom is 0.241 e. The SMILES string of the molecule is O=S(=O)(NCCn1ccc(-c2ccncc2)n1)c1cccc2ccccc12. The highest BCUT2D eigenvalue weighted by atomic mass is 32.2. The zero-order valence-electron chi connectivity index (χ0n) is 14.5. The lowest BCUT2D eigenvalue weighted by atomic mass is 10.1. The Labute approximate surface area is 157 Å². The summed E-state index contributed by atoms with van der Waals surface area (Å²) in [4.78, 5) is 4.28. The molecule has 4 aromatic rings. The summed E-state index contributed by atoms with van der Waals surface area (Å²) in [5, 5.41) is 6.09. The Balaban J connectivity index is 1.46. The zero-order valence-corrected chi connectivity index (χ0v) is 15.3. The lowest BCUT2D eigenvalue weighted by Crippen LogP contribution is -2.27. The van der Waals surface area contributed by atoms with E-state index in [2.05, 4.69) is 14.8 Å². The first-order valence-electron chi connectivity index (χ1n) is 8.55. The largest absolute Gasteiger partial charge is 0.271 e. The van der Waals surface area contributed by atoms with Crippen molar-refractivity contribution in [3.05, 3.63) is 79.3 Å². The second-order valence-corrected chi connectivity index (χ2v) is 7.81. The Hall–Kier alpha value is -3.03. The average molecular weight is 378 g/mol. The molecule has 2 heterocycles. The summed E-state index contributed by atoms with van der Waals surface area (Å²) >= 11 is 0. The van der Waals surface area contributed by atoms with Gasteiger partial charge in [0, 0.05) is 36.1 Å². The van der Waals surface area contributed by atoms with E-state index >= 15 is 0 Å². The Morgan fingerprint density at radius 3 is 2.56 bits per heavy atom. The minimum atomic E-state index is -3.60. The smallest absolute Gasteiger partial charge is 0.241 e. The topological polar surface area (TPSA) is 76.9 Å². The number of hydrogen-bond acceptors (Lipinski definition) is 4. The normalized spacial score (nSPS) is 11.7. The van der Waals surface area contributed by atoms with Crippen molar-refractivity contribution in [1.82, 2.24) is 19.5 Å². The van der Waals surface area contributed by atoms with Crippen molar-refractivity contribution in [2.24, 2.45) is 0 Å². The molecule has 0 aliphatic heterocycles. The number of nitrogens with one attached hydrogen (secondary N) is 1. The molecule has 0 aliphatic carbocycles. The molecule has 0 saturated heterocycles. The molecule has 0 spiro atoms. The molecular formula is C20H18N4O2S. The van der Waals surface area contributed by atoms with E-state index in [1.807, 2.05) is 54.7 Å². The van der Waals surface area contributed by atoms with E-state index in [-0.39, 0.29) is 6.54 Å². The van der Waals surface area contributed by atoms with Crippen molar-refractivity contribution in [1.29, 1.82) is 0 Å². The fraction of sp³-hybridized carbons (Fsp3) is 0.100. The lowest BCUT2D eigenvalue weighted by Gasteiger charge is -2.09. The van der Waals surface area contributed by atoms with Gasteiger partial charge in [0.1, 0.15) is 0 Å². The van der Waals surface area contributed by atoms with Crippen molar-refractivity contribution in [2.75, 3.05) is 6.54 Å². The summed E-state index contributed by atoms with van der Waals surface area (Å²) in [5.41, 5.74) is 1.80. The van der Waals surface area contributed by atoms with Crippen molar-refractivity contribution in [3.63, 3.8) is 0 Å². The standard InChI is InChI=1S/C20H18N4O2S/c25-27(26,20-7-3-5-16-4-1-2-6-18(16)20)22-13-15-24-14-10-19(23-24)17-8-11-21-12-9-17/h1-12,14,22H,13,15H2. The molecule has 0 amide bonds. The minimum absolute atomic E-state index is 0.253. The molecule has 0 saturated carbocycles. The van der Waals surface area contributed by atoms with Crippen LogP contribution in [0, 0.1) is 0 Å². The number of pyridine rings is 1. The van der Waals surface area contributed by atoms with Crippen LogP contribution in [0.25, 0.3) is 22.0 Å². The fourth-order valence-corrected chi connectivity index (χ4v) is 4.21. The van der Waals surface area contributed by atoms with Gasteiger partial charge in [-0.2, -0.15) is 5.10 Å². The van der Waals surface area contributed by atoms with Gasteiger partial charge in [0.05, 0.1) is 17.1 Å². The second kappa shape index (κ2) is 7.30. The van der Waals surface area contributed by atoms with Gasteiger partial charge in [-0.1, -0.05) is 36.4 Å². The van der Waals surface area contributed by atoms with Gasteiger partial charge in [-0.3, -0.25) is 9.67 Å². The summed E-state index contributed by atoms with van der Waals surface area (Å²) < 4.78 is 29.8. The van der Waals surface area contributed by atoms with E-state index in [0.717, 1.165) is 16.6 Å². The maximum absolute atomic E-state index is 12.7. The van der Waals surface area contributed by atoms with Gasteiger partial charge < -0.3 is 0 Å². The fourth-order valence-electron chi connectivity index (χ4n) is 2.97. The summed E-state index contributed by atoms with van der Waals surface area (Å²) in [5.74, 6) is 0. The molecule has 7 heteroatoms. The van der Waals surface area contributed by atoms with Crippen LogP contribution in [0.5, 0.6) is 0 Å². The molecule has 0 bridgehead atoms. The second-order valence-electron chi connectivity index (χ2n) is 6.07. The van der Waals surface area contributed by atoms with Gasteiger partial charge in [-0.15, -0.1) is 0 Å². The predicted octanol–water partition coefficient (Wildman–Crippen LogP) is 3.08. The highest BCUT2D eigenvalue weighted by molar-refractivity contribution is 7.89. The molecular weight excluding hydrogens is 360 g/mol. The Morgan fingerprint density at radius 1 is 0.926 bits per heavy atom. The summed E-state index contributed by atoms with van der Waals surface area (Å²) in [6.45, 7) is 0.693. The summed E-state index contributed by atoms with van der Waals surface area (Å²) in [7, 11) is -3.60. The number of hydrogen-bond donors (Lipinski definition) is 1. The van der Waals surface area contributed by atoms with E-state index in [4.69, 9.17) is 0 Å². The number of aromatic nitrogens is 3. The van der Waals surface area contributed by atoms with Crippen molar-refractivity contribution in [3.8, 4) is 11.3 Å². The summed E-state index contributed by atoms with van der Waals surface area (Å²) in [6.07, 6.45) is 5.27. The van der Waals surface area contributed by atoms with Gasteiger partial charge in [-0.25, -0.2) is 13.1 Å². The van der Waals surface area contributed by atoms with Crippen LogP contribution in [0.15, 0.2) is 84.1 Å². The molecule has 1 N–H and O–H groups in total. The van der Waals surface area contributed by atoms with Crippen molar-refractivity contribution >= 4 is 20.8 Å². The first-order valence-corrected chi connectivity index (χ1v) is 10.0. The quantitative estimate of drug-likeness (QED) is 0.559. The molecule has 136 valence electrons. The molecule has 0 radical (unpaired) electrons. The monoisotopic (exact) mass is 378 g/mol. The van der Waals surface area contributed by atoms with Gasteiger partial charge >= 0.3 is 0 Å². The zero-order chi connectivity index (χ0) is 18.7. The highest BCUT2D eigenvalue weighted by Crippen LogP contribution is 2.22. The maximum atomic E-state index is 12.7. The van der Waals surface area contributed by atoms with Gasteiger partial charge in [0.15, 0.2) is 0 Å². The van der Waals surface area contributed by atoms with Crippen LogP contribution in [0.1, 0.15) is 0 Å². The average Bonchev–Trinajstić information content (AvgIpc) is 3.17. The Kier molecular flexibility index (Phi) is 4.70. The lowest BCUT2D eigenvalue weighted by molar-refractivity contribution is 0.562. The van der Waals surface area contributed by atoms with Crippen LogP contribution in [-0.4, -0.2) is 29.7 Å². The third kappa shape index (κ3) is 3.74. The Morgan fingerprint density at radius 2 is 1.70 bits per heavy atom. The molecule has 2 aromatic carbocycles. The number of rotatable bonds is 6. The number of nitrogens with zero attached hydrogens (tertiary/aromatic N) is 3. The van der Waals surface area contributed by atoms with Gasteiger partial charge in [-0.05, 0) is 29.7 Å². The van der Waals surface area contributed by atoms with E-state index < -0.39 is 10.0 Å². The molecule has 0 unspecified atom stereocenters. The van der Waals surface area contributed by atoms with Crippen LogP contribution in [0.2, 0.25) is 0 Å². The minimum Gasteiger partial charge on any atom is -0.271 e. The van der Waals surface area contributed by atoms with Crippen molar-refractivity contribution in [2.45, 2.75) is 11.4 Å². The molecule has 0 aliphatic rings. The highest BCUT2D eigenvalue weighted by Gasteiger charge is 2.16. The Bertz CT molecular complexity index is 1170. The number of benzene rings is 2. The van der Waals surface area contributed by atoms with Crippen LogP contribution in [0.4, 0.5) is 0 Å². The first kappa shape index (κ1) is 17.4. The van der Waals surface area contributed by atoms with Crippen molar-refractivity contribution < 1.29 is 8.42 Å². The van der Waals surface area contributed by atoms with Gasteiger partial charge in [0.2, 0.25) is 10.0 Å². The third-order valence-corrected chi connectivity index (χ3v) is 5.81. The van der Waals surface area contributed by atoms with Gasteiger partial charge in [0.25, 0.3) is 0 Å². The third-order valence-electron chi connectivity index (χ3n) is 4.29. The van der Waals surface area contributed by atoms with E-state index in [1.165, 1.54) is 0 Å². The van der Waals surface area contributed by atoms with Crippen LogP contribution in [0.3, 0.4) is 0 Å². The van der Waals surface area contributed by atoms with Crippen LogP contribution >= 0.6 is 0 Å². The molecule has 2 aromatic heterocycles. The number of fused-ring (bicyclic) bond motifs is 1. The molecule has 0 atom stereocenters. The van der Waals surface area contributed by atoms with E-state index in [9.17, 15) is 8.42 Å². The molecule has 0 fully saturated rings. The molecule has 4 rings (SSSR count).